The average Bonchev–Trinajstić information content (AvgIpc) is 3.22. The summed E-state index contributed by atoms with van der Waals surface area (Å²) >= 11 is 16.0. The molecule has 0 bridgehead atoms. The lowest BCUT2D eigenvalue weighted by Gasteiger charge is -2.10. The van der Waals surface area contributed by atoms with Crippen molar-refractivity contribution in [1.29, 1.82) is 0 Å². The Hall–Kier alpha value is -3.22. The highest BCUT2D eigenvalue weighted by atomic mass is 79.9. The van der Waals surface area contributed by atoms with Crippen LogP contribution in [0.5, 0.6) is 0 Å². The molecule has 4 aromatic rings. The fraction of sp³-hybridized carbons (Fsp3) is 0. The van der Waals surface area contributed by atoms with Crippen molar-refractivity contribution in [3.8, 4) is 11.3 Å². The lowest BCUT2D eigenvalue weighted by atomic mass is 10.1. The van der Waals surface area contributed by atoms with Gasteiger partial charge in [-0.2, -0.15) is 0 Å². The van der Waals surface area contributed by atoms with Gasteiger partial charge < -0.3 is 9.84 Å². The van der Waals surface area contributed by atoms with Crippen LogP contribution in [0.3, 0.4) is 0 Å². The van der Waals surface area contributed by atoms with Gasteiger partial charge in [-0.05, 0) is 60.7 Å². The number of carbonyl (C=O) groups is 2. The zero-order valence-electron chi connectivity index (χ0n) is 18.0. The van der Waals surface area contributed by atoms with Crippen molar-refractivity contribution in [3.05, 3.63) is 92.4 Å². The van der Waals surface area contributed by atoms with E-state index in [4.69, 9.17) is 32.9 Å². The number of nitrogens with two attached hydrogens (primary N) is 1. The van der Waals surface area contributed by atoms with E-state index in [1.165, 1.54) is 24.3 Å². The molecule has 13 heteroatoms. The Morgan fingerprint density at radius 2 is 1.50 bits per heavy atom. The molecular formula is C23H15BrCl2N4O5S. The van der Waals surface area contributed by atoms with Crippen LogP contribution >= 0.6 is 39.1 Å². The van der Waals surface area contributed by atoms with Gasteiger partial charge in [0.15, 0.2) is 0 Å². The van der Waals surface area contributed by atoms with Gasteiger partial charge >= 0.3 is 0 Å². The third kappa shape index (κ3) is 5.61. The van der Waals surface area contributed by atoms with E-state index >= 15 is 0 Å². The third-order valence-electron chi connectivity index (χ3n) is 4.89. The first-order valence-electron chi connectivity index (χ1n) is 10.00. The van der Waals surface area contributed by atoms with Crippen LogP contribution in [0.25, 0.3) is 11.3 Å². The smallest absolute Gasteiger partial charge is 0.263 e. The monoisotopic (exact) mass is 608 g/mol. The minimum Gasteiger partial charge on any atom is -0.337 e. The molecular weight excluding hydrogens is 595 g/mol. The number of sulfonamides is 1. The maximum Gasteiger partial charge on any atom is 0.263 e. The summed E-state index contributed by atoms with van der Waals surface area (Å²) in [4.78, 5) is 26.0. The fourth-order valence-electron chi connectivity index (χ4n) is 3.18. The molecule has 0 aliphatic rings. The average molecular weight is 610 g/mol. The number of nitrogens with one attached hydrogen (secondary N) is 2. The molecule has 1 aromatic heterocycles. The highest BCUT2D eigenvalue weighted by Crippen LogP contribution is 2.38. The van der Waals surface area contributed by atoms with E-state index in [-0.39, 0.29) is 43.3 Å². The van der Waals surface area contributed by atoms with Crippen LogP contribution in [0.4, 0.5) is 11.6 Å². The van der Waals surface area contributed by atoms with Gasteiger partial charge in [-0.1, -0.05) is 50.4 Å². The number of primary sulfonamides is 1. The van der Waals surface area contributed by atoms with Crippen molar-refractivity contribution in [2.24, 2.45) is 5.14 Å². The molecule has 0 fully saturated rings. The van der Waals surface area contributed by atoms with Crippen LogP contribution in [0.15, 0.2) is 80.6 Å². The Balaban J connectivity index is 1.74. The van der Waals surface area contributed by atoms with E-state index in [9.17, 15) is 18.0 Å². The summed E-state index contributed by atoms with van der Waals surface area (Å²) in [6.07, 6.45) is 0. The van der Waals surface area contributed by atoms with Crippen molar-refractivity contribution in [2.75, 3.05) is 10.6 Å². The number of benzene rings is 3. The molecule has 0 saturated carbocycles. The Morgan fingerprint density at radius 1 is 0.889 bits per heavy atom. The van der Waals surface area contributed by atoms with Crippen LogP contribution in [0, 0.1) is 0 Å². The summed E-state index contributed by atoms with van der Waals surface area (Å²) in [7, 11) is -3.91. The van der Waals surface area contributed by atoms with E-state index in [1.807, 2.05) is 0 Å². The lowest BCUT2D eigenvalue weighted by Crippen LogP contribution is -2.18. The molecule has 0 radical (unpaired) electrons. The van der Waals surface area contributed by atoms with Gasteiger partial charge in [-0.3, -0.25) is 14.9 Å². The largest absolute Gasteiger partial charge is 0.337 e. The predicted molar refractivity (Wildman–Crippen MR) is 140 cm³/mol. The molecule has 0 spiro atoms. The minimum atomic E-state index is -3.91. The molecule has 4 N–H and O–H groups in total. The number of nitrogens with zero attached hydrogens (tertiary/aromatic N) is 1. The standard InChI is InChI=1S/C23H15BrCl2N4O5S/c24-13-6-4-12(5-7-13)21(31)29-23-19(20(30-35-23)18-16(25)2-1-3-17(18)26)22(32)28-14-8-10-15(11-9-14)36(27,33)34/h1-11H,(H,28,32)(H,29,31)(H2,27,33,34). The van der Waals surface area contributed by atoms with E-state index in [1.54, 1.807) is 42.5 Å². The minimum absolute atomic E-state index is 0.00429. The van der Waals surface area contributed by atoms with E-state index in [0.29, 0.717) is 5.56 Å². The number of anilines is 2. The van der Waals surface area contributed by atoms with Gasteiger partial charge in [-0.25, -0.2) is 13.6 Å². The zero-order valence-corrected chi connectivity index (χ0v) is 21.9. The van der Waals surface area contributed by atoms with Crippen molar-refractivity contribution in [2.45, 2.75) is 4.90 Å². The number of amides is 2. The second kappa shape index (κ2) is 10.4. The highest BCUT2D eigenvalue weighted by Gasteiger charge is 2.28. The first-order chi connectivity index (χ1) is 17.0. The molecule has 2 amide bonds. The van der Waals surface area contributed by atoms with Gasteiger partial charge in [0.25, 0.3) is 11.8 Å². The van der Waals surface area contributed by atoms with Crippen molar-refractivity contribution >= 4 is 72.5 Å². The summed E-state index contributed by atoms with van der Waals surface area (Å²) in [5.41, 5.74) is 0.622. The molecule has 1 heterocycles. The van der Waals surface area contributed by atoms with Gasteiger partial charge in [0.1, 0.15) is 11.3 Å². The van der Waals surface area contributed by atoms with Crippen LogP contribution in [0.1, 0.15) is 20.7 Å². The Bertz CT molecular complexity index is 1550. The molecule has 184 valence electrons. The number of hydrogen-bond acceptors (Lipinski definition) is 6. The van der Waals surface area contributed by atoms with Crippen LogP contribution in [0.2, 0.25) is 10.0 Å². The highest BCUT2D eigenvalue weighted by molar-refractivity contribution is 9.10. The third-order valence-corrected chi connectivity index (χ3v) is 6.98. The molecule has 0 aliphatic carbocycles. The Morgan fingerprint density at radius 3 is 2.08 bits per heavy atom. The molecule has 0 saturated heterocycles. The number of carbonyl (C=O) groups excluding carboxylic acids is 2. The normalized spacial score (nSPS) is 11.2. The summed E-state index contributed by atoms with van der Waals surface area (Å²) in [5.74, 6) is -1.52. The first kappa shape index (κ1) is 25.9. The van der Waals surface area contributed by atoms with Crippen LogP contribution in [-0.4, -0.2) is 25.4 Å². The Kier molecular flexibility index (Phi) is 7.48. The summed E-state index contributed by atoms with van der Waals surface area (Å²) in [6, 6.07) is 16.4. The summed E-state index contributed by atoms with van der Waals surface area (Å²) in [5, 5.41) is 14.6. The zero-order chi connectivity index (χ0) is 26.0. The molecule has 4 rings (SSSR count). The van der Waals surface area contributed by atoms with Crippen molar-refractivity contribution in [3.63, 3.8) is 0 Å². The van der Waals surface area contributed by atoms with Crippen LogP contribution < -0.4 is 15.8 Å². The van der Waals surface area contributed by atoms with Gasteiger partial charge in [0, 0.05) is 21.3 Å². The number of hydrogen-bond donors (Lipinski definition) is 3. The quantitative estimate of drug-likeness (QED) is 0.261. The van der Waals surface area contributed by atoms with Gasteiger partial charge in [0.2, 0.25) is 15.9 Å². The second-order valence-electron chi connectivity index (χ2n) is 7.32. The van der Waals surface area contributed by atoms with Gasteiger partial charge in [-0.15, -0.1) is 0 Å². The second-order valence-corrected chi connectivity index (χ2v) is 10.6. The van der Waals surface area contributed by atoms with Crippen LogP contribution in [-0.2, 0) is 10.0 Å². The number of aromatic nitrogens is 1. The SMILES string of the molecule is NS(=O)(=O)c1ccc(NC(=O)c2c(-c3c(Cl)cccc3Cl)noc2NC(=O)c2ccc(Br)cc2)cc1. The van der Waals surface area contributed by atoms with Crippen molar-refractivity contribution in [1.82, 2.24) is 5.16 Å². The van der Waals surface area contributed by atoms with Gasteiger partial charge in [0.05, 0.1) is 14.9 Å². The lowest BCUT2D eigenvalue weighted by molar-refractivity contribution is 0.102. The summed E-state index contributed by atoms with van der Waals surface area (Å²) < 4.78 is 29.1. The number of rotatable bonds is 6. The first-order valence-corrected chi connectivity index (χ1v) is 13.1. The molecule has 36 heavy (non-hydrogen) atoms. The molecule has 0 aliphatic heterocycles. The molecule has 9 nitrogen and oxygen atoms in total. The fourth-order valence-corrected chi connectivity index (χ4v) is 4.54. The van der Waals surface area contributed by atoms with Crippen molar-refractivity contribution < 1.29 is 22.5 Å². The summed E-state index contributed by atoms with van der Waals surface area (Å²) in [6.45, 7) is 0. The Labute approximate surface area is 223 Å². The maximum atomic E-state index is 13.4. The predicted octanol–water partition coefficient (Wildman–Crippen LogP) is 5.56. The molecule has 3 aromatic carbocycles. The topological polar surface area (TPSA) is 144 Å². The van der Waals surface area contributed by atoms with E-state index in [2.05, 4.69) is 31.7 Å². The molecule has 0 atom stereocenters. The number of halogens is 3. The van der Waals surface area contributed by atoms with E-state index < -0.39 is 21.8 Å². The van der Waals surface area contributed by atoms with E-state index in [0.717, 1.165) is 4.47 Å². The maximum absolute atomic E-state index is 13.4. The molecule has 0 unspecified atom stereocenters.